The fraction of sp³-hybridized carbons (Fsp3) is 0.0294. The van der Waals surface area contributed by atoms with Gasteiger partial charge in [0.05, 0.1) is 22.4 Å². The van der Waals surface area contributed by atoms with Gasteiger partial charge in [0.1, 0.15) is 11.2 Å². The largest absolute Gasteiger partial charge is 0.348 e. The van der Waals surface area contributed by atoms with Gasteiger partial charge in [-0.05, 0) is 54.3 Å². The maximum absolute atomic E-state index is 5.14. The highest BCUT2D eigenvalue weighted by Crippen LogP contribution is 2.35. The number of hydrogen-bond acceptors (Lipinski definition) is 4. The Morgan fingerprint density at radius 2 is 1.64 bits per heavy atom. The Balaban J connectivity index is 1.36. The third-order valence-corrected chi connectivity index (χ3v) is 7.07. The molecule has 3 aromatic heterocycles. The third-order valence-electron chi connectivity index (χ3n) is 7.07. The quantitative estimate of drug-likeness (QED) is 0.226. The van der Waals surface area contributed by atoms with E-state index in [0.717, 1.165) is 67.8 Å². The molecule has 1 aliphatic rings. The average molecular weight is 504 g/mol. The van der Waals surface area contributed by atoms with Gasteiger partial charge < -0.3 is 4.90 Å². The lowest BCUT2D eigenvalue weighted by atomic mass is 9.98. The number of fused-ring (bicyclic) bond motifs is 5. The van der Waals surface area contributed by atoms with E-state index < -0.39 is 0 Å². The molecule has 6 aromatic rings. The molecule has 0 atom stereocenters. The maximum Gasteiger partial charge on any atom is 0.137 e. The molecule has 7 rings (SSSR count). The number of nitrogens with zero attached hydrogens (tertiary/aromatic N) is 5. The molecule has 0 saturated heterocycles. The van der Waals surface area contributed by atoms with Crippen LogP contribution in [0, 0.1) is 0 Å². The number of rotatable bonds is 5. The Hall–Kier alpha value is -5.29. The lowest BCUT2D eigenvalue weighted by molar-refractivity contribution is 0.561. The lowest BCUT2D eigenvalue weighted by Crippen LogP contribution is -2.11. The molecule has 4 heterocycles. The van der Waals surface area contributed by atoms with Gasteiger partial charge in [0.15, 0.2) is 0 Å². The van der Waals surface area contributed by atoms with Crippen LogP contribution in [0.15, 0.2) is 133 Å². The first kappa shape index (κ1) is 22.9. The fourth-order valence-electron chi connectivity index (χ4n) is 5.20. The molecule has 1 aliphatic heterocycles. The van der Waals surface area contributed by atoms with Crippen LogP contribution in [0.1, 0.15) is 5.56 Å². The van der Waals surface area contributed by atoms with Gasteiger partial charge in [-0.2, -0.15) is 0 Å². The van der Waals surface area contributed by atoms with E-state index in [1.54, 1.807) is 0 Å². The van der Waals surface area contributed by atoms with Crippen LogP contribution < -0.4 is 0 Å². The molecule has 0 unspecified atom stereocenters. The average Bonchev–Trinajstić information content (AvgIpc) is 3.40. The molecule has 3 aromatic carbocycles. The van der Waals surface area contributed by atoms with Crippen LogP contribution in [0.25, 0.3) is 55.7 Å². The first-order chi connectivity index (χ1) is 19.3. The van der Waals surface area contributed by atoms with Gasteiger partial charge in [-0.15, -0.1) is 0 Å². The zero-order valence-electron chi connectivity index (χ0n) is 21.3. The van der Waals surface area contributed by atoms with Crippen molar-refractivity contribution in [1.29, 1.82) is 0 Å². The fourth-order valence-corrected chi connectivity index (χ4v) is 5.20. The van der Waals surface area contributed by atoms with E-state index in [2.05, 4.69) is 93.9 Å². The van der Waals surface area contributed by atoms with Crippen molar-refractivity contribution in [2.75, 3.05) is 6.54 Å². The molecule has 0 aliphatic carbocycles. The number of aliphatic imine (C=N–C) groups is 1. The number of pyridine rings is 2. The highest BCUT2D eigenvalue weighted by Gasteiger charge is 2.16. The summed E-state index contributed by atoms with van der Waals surface area (Å²) in [6, 6.07) is 31.3. The molecule has 0 saturated carbocycles. The predicted molar refractivity (Wildman–Crippen MR) is 161 cm³/mol. The van der Waals surface area contributed by atoms with E-state index in [4.69, 9.17) is 9.97 Å². The summed E-state index contributed by atoms with van der Waals surface area (Å²) in [7, 11) is 0. The third kappa shape index (κ3) is 4.10. The van der Waals surface area contributed by atoms with Gasteiger partial charge in [0.2, 0.25) is 0 Å². The van der Waals surface area contributed by atoms with Crippen molar-refractivity contribution in [3.05, 3.63) is 133 Å². The number of allylic oxidation sites excluding steroid dienone is 2. The molecule has 0 N–H and O–H groups in total. The number of benzene rings is 3. The highest BCUT2D eigenvalue weighted by atomic mass is 15.1. The van der Waals surface area contributed by atoms with Gasteiger partial charge in [-0.3, -0.25) is 9.39 Å². The van der Waals surface area contributed by atoms with Gasteiger partial charge >= 0.3 is 0 Å². The van der Waals surface area contributed by atoms with Crippen LogP contribution in [0.2, 0.25) is 0 Å². The van der Waals surface area contributed by atoms with Crippen molar-refractivity contribution < 1.29 is 0 Å². The SMILES string of the molecule is C=N/C(=C\N1C=CC=CC1)c1cccc(-c2cccc(-c3nc4ccccc4c4nc5ccccn5c34)c2)c1. The summed E-state index contributed by atoms with van der Waals surface area (Å²) in [6.07, 6.45) is 12.3. The second-order valence-electron chi connectivity index (χ2n) is 9.52. The summed E-state index contributed by atoms with van der Waals surface area (Å²) in [5.74, 6) is 0. The van der Waals surface area contributed by atoms with E-state index >= 15 is 0 Å². The zero-order chi connectivity index (χ0) is 26.2. The van der Waals surface area contributed by atoms with E-state index in [0.29, 0.717) is 0 Å². The molecule has 5 heteroatoms. The van der Waals surface area contributed by atoms with Crippen molar-refractivity contribution in [3.8, 4) is 22.4 Å². The molecule has 0 radical (unpaired) electrons. The van der Waals surface area contributed by atoms with Crippen LogP contribution >= 0.6 is 0 Å². The van der Waals surface area contributed by atoms with Crippen molar-refractivity contribution >= 4 is 40.0 Å². The van der Waals surface area contributed by atoms with Crippen molar-refractivity contribution in [2.24, 2.45) is 4.99 Å². The summed E-state index contributed by atoms with van der Waals surface area (Å²) in [6.45, 7) is 4.64. The number of aromatic nitrogens is 3. The van der Waals surface area contributed by atoms with E-state index in [1.165, 1.54) is 0 Å². The normalized spacial score (nSPS) is 13.5. The molecule has 0 bridgehead atoms. The Kier molecular flexibility index (Phi) is 5.60. The van der Waals surface area contributed by atoms with Crippen LogP contribution in [-0.2, 0) is 0 Å². The smallest absolute Gasteiger partial charge is 0.137 e. The zero-order valence-corrected chi connectivity index (χ0v) is 21.3. The second kappa shape index (κ2) is 9.54. The summed E-state index contributed by atoms with van der Waals surface area (Å²) >= 11 is 0. The molecule has 5 nitrogen and oxygen atoms in total. The Bertz CT molecular complexity index is 1980. The maximum atomic E-state index is 5.14. The van der Waals surface area contributed by atoms with E-state index in [9.17, 15) is 0 Å². The molecule has 0 spiro atoms. The van der Waals surface area contributed by atoms with E-state index in [-0.39, 0.29) is 0 Å². The summed E-state index contributed by atoms with van der Waals surface area (Å²) in [5.41, 5.74) is 9.84. The number of imidazole rings is 1. The van der Waals surface area contributed by atoms with Gasteiger partial charge in [0.25, 0.3) is 0 Å². The molecule has 0 fully saturated rings. The Labute approximate surface area is 226 Å². The molecule has 39 heavy (non-hydrogen) atoms. The minimum absolute atomic E-state index is 0.813. The van der Waals surface area contributed by atoms with E-state index in [1.807, 2.05) is 54.9 Å². The summed E-state index contributed by atoms with van der Waals surface area (Å²) in [5, 5.41) is 1.05. The minimum atomic E-state index is 0.813. The van der Waals surface area contributed by atoms with Crippen LogP contribution in [-0.4, -0.2) is 32.5 Å². The van der Waals surface area contributed by atoms with Crippen LogP contribution in [0.4, 0.5) is 0 Å². The lowest BCUT2D eigenvalue weighted by Gasteiger charge is -2.17. The first-order valence-corrected chi connectivity index (χ1v) is 12.9. The molecule has 0 amide bonds. The highest BCUT2D eigenvalue weighted by molar-refractivity contribution is 6.09. The monoisotopic (exact) mass is 503 g/mol. The van der Waals surface area contributed by atoms with Crippen molar-refractivity contribution in [1.82, 2.24) is 19.3 Å². The molecular weight excluding hydrogens is 478 g/mol. The minimum Gasteiger partial charge on any atom is -0.348 e. The predicted octanol–water partition coefficient (Wildman–Crippen LogP) is 7.75. The van der Waals surface area contributed by atoms with Crippen molar-refractivity contribution in [2.45, 2.75) is 0 Å². The molecule has 186 valence electrons. The molecular formula is C34H25N5. The standard InChI is InChI=1S/C34H25N5/c1-35-30(23-38-18-6-2-7-19-38)26-13-9-11-24(21-26)25-12-10-14-27(22-25)32-34-33(28-15-3-4-16-29(28)36-32)37-31-17-5-8-20-39(31)34/h2-18,20-23H,1,19H2/b30-23-. The van der Waals surface area contributed by atoms with Crippen LogP contribution in [0.3, 0.4) is 0 Å². The Morgan fingerprint density at radius 3 is 2.51 bits per heavy atom. The van der Waals surface area contributed by atoms with Crippen molar-refractivity contribution in [3.63, 3.8) is 0 Å². The summed E-state index contributed by atoms with van der Waals surface area (Å²) in [4.78, 5) is 16.6. The Morgan fingerprint density at radius 1 is 0.821 bits per heavy atom. The number of para-hydroxylation sites is 1. The van der Waals surface area contributed by atoms with Crippen LogP contribution in [0.5, 0.6) is 0 Å². The number of hydrogen-bond donors (Lipinski definition) is 0. The first-order valence-electron chi connectivity index (χ1n) is 12.9. The van der Waals surface area contributed by atoms with Gasteiger partial charge in [0, 0.05) is 41.7 Å². The topological polar surface area (TPSA) is 45.8 Å². The second-order valence-corrected chi connectivity index (χ2v) is 9.52. The van der Waals surface area contributed by atoms with Gasteiger partial charge in [-0.25, -0.2) is 9.97 Å². The summed E-state index contributed by atoms with van der Waals surface area (Å²) < 4.78 is 2.13. The van der Waals surface area contributed by atoms with Gasteiger partial charge in [-0.1, -0.05) is 72.8 Å².